The molecule has 7 aromatic carbocycles. The van der Waals surface area contributed by atoms with Crippen LogP contribution in [0.5, 0.6) is 11.5 Å². The molecule has 0 saturated heterocycles. The Balaban J connectivity index is 1.11. The minimum Gasteiger partial charge on any atom is -0.458 e. The highest BCUT2D eigenvalue weighted by Gasteiger charge is 2.29. The van der Waals surface area contributed by atoms with Gasteiger partial charge in [-0.25, -0.2) is 4.98 Å². The molecule has 0 N–H and O–H groups in total. The van der Waals surface area contributed by atoms with Crippen molar-refractivity contribution < 1.29 is 9.30 Å². The molecule has 0 spiro atoms. The maximum atomic E-state index is 6.79. The molecule has 0 amide bonds. The third-order valence-corrected chi connectivity index (χ3v) is 11.3. The van der Waals surface area contributed by atoms with E-state index in [0.717, 1.165) is 56.3 Å². The number of benzene rings is 7. The number of nitrogens with zero attached hydrogens (tertiary/aromatic N) is 4. The van der Waals surface area contributed by atoms with Crippen LogP contribution in [0.2, 0.25) is 0 Å². The Labute approximate surface area is 331 Å². The van der Waals surface area contributed by atoms with Crippen molar-refractivity contribution in [3.8, 4) is 62.2 Å². The zero-order valence-corrected chi connectivity index (χ0v) is 31.9. The number of pyridine rings is 1. The molecule has 11 rings (SSSR count). The largest absolute Gasteiger partial charge is 0.458 e. The van der Waals surface area contributed by atoms with Crippen molar-refractivity contribution in [2.45, 2.75) is 26.2 Å². The van der Waals surface area contributed by atoms with Crippen molar-refractivity contribution in [1.82, 2.24) is 14.1 Å². The quantitative estimate of drug-likeness (QED) is 0.130. The molecule has 0 atom stereocenters. The third kappa shape index (κ3) is 5.31. The van der Waals surface area contributed by atoms with Gasteiger partial charge in [0, 0.05) is 28.8 Å². The average Bonchev–Trinajstić information content (AvgIpc) is 3.76. The minimum atomic E-state index is -0.0561. The van der Waals surface area contributed by atoms with Crippen LogP contribution in [-0.2, 0) is 5.41 Å². The number of para-hydroxylation sites is 3. The monoisotopic (exact) mass is 734 g/mol. The van der Waals surface area contributed by atoms with E-state index in [1.807, 2.05) is 24.4 Å². The number of fused-ring (bicyclic) bond motifs is 8. The molecule has 0 bridgehead atoms. The van der Waals surface area contributed by atoms with E-state index in [1.165, 1.54) is 44.2 Å². The summed E-state index contributed by atoms with van der Waals surface area (Å²) in [6, 6.07) is 60.0. The van der Waals surface area contributed by atoms with Crippen LogP contribution in [0.25, 0.3) is 83.4 Å². The van der Waals surface area contributed by atoms with Gasteiger partial charge in [-0.15, -0.1) is 0 Å². The van der Waals surface area contributed by atoms with Crippen LogP contribution in [-0.4, -0.2) is 14.1 Å². The molecule has 1 aliphatic rings. The fraction of sp³-hybridized carbons (Fsp3) is 0.0769. The molecule has 57 heavy (non-hydrogen) atoms. The topological polar surface area (TPSA) is 35.9 Å². The lowest BCUT2D eigenvalue weighted by Gasteiger charge is -2.21. The predicted molar refractivity (Wildman–Crippen MR) is 231 cm³/mol. The van der Waals surface area contributed by atoms with Gasteiger partial charge in [-0.1, -0.05) is 130 Å². The first kappa shape index (κ1) is 33.1. The van der Waals surface area contributed by atoms with Gasteiger partial charge in [-0.3, -0.25) is 13.7 Å². The summed E-state index contributed by atoms with van der Waals surface area (Å²) >= 11 is 0. The lowest BCUT2D eigenvalue weighted by Crippen LogP contribution is -2.29. The molecule has 3 heterocycles. The van der Waals surface area contributed by atoms with Gasteiger partial charge in [-0.2, -0.15) is 0 Å². The van der Waals surface area contributed by atoms with Gasteiger partial charge in [-0.05, 0) is 93.0 Å². The van der Waals surface area contributed by atoms with Crippen LogP contribution in [0.15, 0.2) is 176 Å². The smallest absolute Gasteiger partial charge is 0.269 e. The zero-order chi connectivity index (χ0) is 38.3. The summed E-state index contributed by atoms with van der Waals surface area (Å²) < 4.78 is 13.4. The van der Waals surface area contributed by atoms with Gasteiger partial charge in [0.15, 0.2) is 0 Å². The molecular weight excluding hydrogens is 697 g/mol. The molecule has 0 fully saturated rings. The van der Waals surface area contributed by atoms with Crippen LogP contribution in [0.4, 0.5) is 0 Å². The number of imidazole rings is 1. The SMILES string of the molecule is CC(C)(C)c1ccnc(-n2c3c(c4ccc(Oc5cccc(-n6[c-][n+](-c7ccccc7)c7ccccc76)c5)cc42)-c2cccc4cccc(c24)-c2ccccc2-3)c1. The van der Waals surface area contributed by atoms with Gasteiger partial charge in [0.05, 0.1) is 33.6 Å². The fourth-order valence-electron chi connectivity index (χ4n) is 8.65. The lowest BCUT2D eigenvalue weighted by atomic mass is 9.88. The second-order valence-electron chi connectivity index (χ2n) is 15.8. The molecule has 1 aliphatic carbocycles. The van der Waals surface area contributed by atoms with Crippen LogP contribution >= 0.6 is 0 Å². The van der Waals surface area contributed by atoms with Crippen molar-refractivity contribution in [3.05, 3.63) is 188 Å². The van der Waals surface area contributed by atoms with E-state index in [-0.39, 0.29) is 5.41 Å². The molecule has 0 aliphatic heterocycles. The molecule has 5 heteroatoms. The van der Waals surface area contributed by atoms with E-state index in [1.54, 1.807) is 0 Å². The maximum Gasteiger partial charge on any atom is 0.269 e. The lowest BCUT2D eigenvalue weighted by molar-refractivity contribution is -0.572. The van der Waals surface area contributed by atoms with Crippen LogP contribution < -0.4 is 9.30 Å². The van der Waals surface area contributed by atoms with Crippen LogP contribution in [0.1, 0.15) is 26.3 Å². The minimum absolute atomic E-state index is 0.0561. The van der Waals surface area contributed by atoms with Crippen molar-refractivity contribution in [2.75, 3.05) is 0 Å². The Morgan fingerprint density at radius 1 is 0.596 bits per heavy atom. The molecule has 272 valence electrons. The van der Waals surface area contributed by atoms with Gasteiger partial charge in [0.1, 0.15) is 17.3 Å². The summed E-state index contributed by atoms with van der Waals surface area (Å²) in [6.45, 7) is 6.76. The molecule has 0 radical (unpaired) electrons. The second-order valence-corrected chi connectivity index (χ2v) is 15.8. The predicted octanol–water partition coefficient (Wildman–Crippen LogP) is 12.6. The Morgan fingerprint density at radius 2 is 1.32 bits per heavy atom. The average molecular weight is 735 g/mol. The number of hydrogen-bond acceptors (Lipinski definition) is 2. The van der Waals surface area contributed by atoms with E-state index >= 15 is 0 Å². The molecule has 0 unspecified atom stereocenters. The van der Waals surface area contributed by atoms with E-state index in [2.05, 4.69) is 192 Å². The molecule has 5 nitrogen and oxygen atoms in total. The highest BCUT2D eigenvalue weighted by Crippen LogP contribution is 2.52. The number of hydrogen-bond donors (Lipinski definition) is 0. The Hall–Kier alpha value is -7.24. The highest BCUT2D eigenvalue weighted by atomic mass is 16.5. The molecular formula is C52H38N4O. The summed E-state index contributed by atoms with van der Waals surface area (Å²) in [6.07, 6.45) is 5.55. The number of ether oxygens (including phenoxy) is 1. The molecule has 0 saturated carbocycles. The standard InChI is InChI=1S/C52H38N4O/c1-52(2,3)35-28-29-53-48(30-35)56-47-32-39(57-38-19-13-18-37(31-38)55-33-54(36-16-5-4-6-17-36)45-24-9-10-25-46(45)55)26-27-43(47)50-44-23-12-15-34-14-11-22-41(49(34)44)40-20-7-8-21-42(40)51(50)56/h4-32H,1-3H3. The van der Waals surface area contributed by atoms with Crippen molar-refractivity contribution in [1.29, 1.82) is 0 Å². The van der Waals surface area contributed by atoms with Gasteiger partial charge < -0.3 is 4.74 Å². The highest BCUT2D eigenvalue weighted by molar-refractivity contribution is 6.19. The first-order chi connectivity index (χ1) is 27.9. The van der Waals surface area contributed by atoms with Crippen molar-refractivity contribution in [2.24, 2.45) is 0 Å². The first-order valence-corrected chi connectivity index (χ1v) is 19.5. The third-order valence-electron chi connectivity index (χ3n) is 11.3. The van der Waals surface area contributed by atoms with Crippen molar-refractivity contribution >= 4 is 32.7 Å². The summed E-state index contributed by atoms with van der Waals surface area (Å²) in [7, 11) is 0. The van der Waals surface area contributed by atoms with E-state index in [4.69, 9.17) is 9.72 Å². The zero-order valence-electron chi connectivity index (χ0n) is 31.9. The normalized spacial score (nSPS) is 12.1. The van der Waals surface area contributed by atoms with Crippen LogP contribution in [0, 0.1) is 6.33 Å². The summed E-state index contributed by atoms with van der Waals surface area (Å²) in [5, 5.41) is 3.64. The van der Waals surface area contributed by atoms with E-state index < -0.39 is 0 Å². The second kappa shape index (κ2) is 12.7. The summed E-state index contributed by atoms with van der Waals surface area (Å²) in [4.78, 5) is 5.08. The number of rotatable bonds is 5. The summed E-state index contributed by atoms with van der Waals surface area (Å²) in [5.41, 5.74) is 13.5. The first-order valence-electron chi connectivity index (χ1n) is 19.5. The Kier molecular flexibility index (Phi) is 7.35. The molecule has 3 aromatic heterocycles. The van der Waals surface area contributed by atoms with Crippen molar-refractivity contribution in [3.63, 3.8) is 0 Å². The maximum absolute atomic E-state index is 6.79. The Morgan fingerprint density at radius 3 is 2.16 bits per heavy atom. The van der Waals surface area contributed by atoms with Gasteiger partial charge in [0.25, 0.3) is 6.33 Å². The van der Waals surface area contributed by atoms with Gasteiger partial charge >= 0.3 is 0 Å². The van der Waals surface area contributed by atoms with E-state index in [0.29, 0.717) is 0 Å². The Bertz CT molecular complexity index is 3200. The summed E-state index contributed by atoms with van der Waals surface area (Å²) in [5.74, 6) is 2.36. The van der Waals surface area contributed by atoms with Crippen LogP contribution in [0.3, 0.4) is 0 Å². The van der Waals surface area contributed by atoms with Gasteiger partial charge in [0.2, 0.25) is 0 Å². The fourth-order valence-corrected chi connectivity index (χ4v) is 8.65. The molecule has 10 aromatic rings. The number of aromatic nitrogens is 4. The van der Waals surface area contributed by atoms with E-state index in [9.17, 15) is 0 Å².